The van der Waals surface area contributed by atoms with Crippen LogP contribution in [-0.2, 0) is 37.3 Å². The van der Waals surface area contributed by atoms with E-state index in [0.717, 1.165) is 55.9 Å². The normalized spacial score (nSPS) is 13.2. The number of benzene rings is 6. The minimum atomic E-state index is -0.795. The number of aromatic nitrogens is 2. The van der Waals surface area contributed by atoms with Crippen molar-refractivity contribution in [2.75, 3.05) is 16.8 Å². The van der Waals surface area contributed by atoms with Crippen LogP contribution in [0.5, 0.6) is 0 Å². The van der Waals surface area contributed by atoms with Gasteiger partial charge in [-0.1, -0.05) is 132 Å². The molecule has 0 atom stereocenters. The molecule has 294 valence electrons. The zero-order valence-corrected chi connectivity index (χ0v) is 36.8. The van der Waals surface area contributed by atoms with Crippen molar-refractivity contribution in [3.05, 3.63) is 203 Å². The molecule has 4 nitrogen and oxygen atoms in total. The molecule has 1 aliphatic heterocycles. The third kappa shape index (κ3) is 6.56. The Morgan fingerprint density at radius 2 is 1.22 bits per heavy atom. The SMILES string of the molecule is Cc1ccc2c(c1)N(C)[CH-]N2c1[c-]c(C(c2[c-]c3c(cc2)c2ccccc2n3-c2cc(C(C)(C)C)ccn2)(c2ccccc2)c2ccccc2)cc(C(C)(C)C)c1.[Pt]. The predicted octanol–water partition coefficient (Wildman–Crippen LogP) is 12.8. The third-order valence-corrected chi connectivity index (χ3v) is 11.7. The average molecular weight is 937 g/mol. The van der Waals surface area contributed by atoms with E-state index < -0.39 is 5.41 Å². The van der Waals surface area contributed by atoms with Crippen molar-refractivity contribution in [3.8, 4) is 5.82 Å². The van der Waals surface area contributed by atoms with E-state index in [1.807, 2.05) is 6.20 Å². The largest absolute Gasteiger partial charge is 0.504 e. The van der Waals surface area contributed by atoms with Crippen LogP contribution in [0.15, 0.2) is 146 Å². The summed E-state index contributed by atoms with van der Waals surface area (Å²) in [6, 6.07) is 59.1. The fourth-order valence-corrected chi connectivity index (χ4v) is 8.60. The summed E-state index contributed by atoms with van der Waals surface area (Å²) in [7, 11) is 2.13. The van der Waals surface area contributed by atoms with Crippen molar-refractivity contribution in [1.29, 1.82) is 0 Å². The van der Waals surface area contributed by atoms with Crippen molar-refractivity contribution in [2.45, 2.75) is 64.7 Å². The van der Waals surface area contributed by atoms with E-state index >= 15 is 0 Å². The maximum absolute atomic E-state index is 5.01. The second-order valence-electron chi connectivity index (χ2n) is 17.6. The van der Waals surface area contributed by atoms with Crippen molar-refractivity contribution in [2.24, 2.45) is 0 Å². The smallest absolute Gasteiger partial charge is 0.135 e. The number of para-hydroxylation sites is 1. The summed E-state index contributed by atoms with van der Waals surface area (Å²) in [4.78, 5) is 9.52. The molecule has 8 aromatic rings. The van der Waals surface area contributed by atoms with Gasteiger partial charge in [0.25, 0.3) is 0 Å². The number of pyridine rings is 1. The van der Waals surface area contributed by atoms with Gasteiger partial charge in [0.2, 0.25) is 0 Å². The monoisotopic (exact) mass is 936 g/mol. The van der Waals surface area contributed by atoms with Crippen LogP contribution in [0, 0.1) is 25.7 Å². The Morgan fingerprint density at radius 1 is 0.569 bits per heavy atom. The van der Waals surface area contributed by atoms with Crippen molar-refractivity contribution in [3.63, 3.8) is 0 Å². The second-order valence-corrected chi connectivity index (χ2v) is 17.6. The molecule has 2 aromatic heterocycles. The zero-order chi connectivity index (χ0) is 39.7. The summed E-state index contributed by atoms with van der Waals surface area (Å²) in [6.45, 7) is 18.0. The molecule has 5 heteroatoms. The summed E-state index contributed by atoms with van der Waals surface area (Å²) in [5.41, 5.74) is 12.5. The molecule has 6 aromatic carbocycles. The average Bonchev–Trinajstić information content (AvgIpc) is 3.72. The predicted molar refractivity (Wildman–Crippen MR) is 238 cm³/mol. The van der Waals surface area contributed by atoms with E-state index in [2.05, 4.69) is 228 Å². The standard InChI is InChI=1S/C53H49N4.Pt/c1-36-23-26-47-49(29-36)55(8)35-56(47)43-31-41(52(5,6)7)30-42(32-43)53(37-17-11-9-12-18-37,38-19-13-10-14-20-38)40-24-25-45-44-21-15-16-22-46(44)57(48(45)33-40)50-34-39(27-28-54-50)51(2,3)4;/h9-31,34-35H,1-8H3;/q-3;. The molecule has 0 radical (unpaired) electrons. The Balaban J connectivity index is 0.00000469. The van der Waals surface area contributed by atoms with E-state index in [1.54, 1.807) is 0 Å². The molecule has 9 rings (SSSR count). The van der Waals surface area contributed by atoms with Gasteiger partial charge in [0.05, 0.1) is 0 Å². The molecule has 3 heterocycles. The maximum Gasteiger partial charge on any atom is 0.135 e. The molecule has 0 unspecified atom stereocenters. The summed E-state index contributed by atoms with van der Waals surface area (Å²) >= 11 is 0. The van der Waals surface area contributed by atoms with Gasteiger partial charge in [0, 0.05) is 49.6 Å². The van der Waals surface area contributed by atoms with Gasteiger partial charge in [-0.15, -0.1) is 28.3 Å². The van der Waals surface area contributed by atoms with Crippen molar-refractivity contribution < 1.29 is 21.1 Å². The number of hydrogen-bond acceptors (Lipinski definition) is 3. The first-order valence-electron chi connectivity index (χ1n) is 19.9. The number of anilines is 3. The van der Waals surface area contributed by atoms with Crippen LogP contribution in [0.2, 0.25) is 0 Å². The van der Waals surface area contributed by atoms with Gasteiger partial charge in [-0.2, -0.15) is 42.6 Å². The van der Waals surface area contributed by atoms with E-state index in [1.165, 1.54) is 27.8 Å². The van der Waals surface area contributed by atoms with E-state index in [4.69, 9.17) is 4.98 Å². The third-order valence-electron chi connectivity index (χ3n) is 11.7. The number of fused-ring (bicyclic) bond motifs is 4. The minimum Gasteiger partial charge on any atom is -0.504 e. The van der Waals surface area contributed by atoms with Gasteiger partial charge in [0.15, 0.2) is 0 Å². The first-order chi connectivity index (χ1) is 27.3. The zero-order valence-electron chi connectivity index (χ0n) is 34.5. The number of rotatable bonds is 6. The van der Waals surface area contributed by atoms with Crippen LogP contribution in [-0.4, -0.2) is 16.6 Å². The number of hydrogen-bond donors (Lipinski definition) is 0. The van der Waals surface area contributed by atoms with Crippen LogP contribution in [0.1, 0.15) is 80.5 Å². The van der Waals surface area contributed by atoms with Gasteiger partial charge in [-0.05, 0) is 82.8 Å². The first-order valence-corrected chi connectivity index (χ1v) is 19.9. The summed E-state index contributed by atoms with van der Waals surface area (Å²) < 4.78 is 2.30. The molecule has 0 amide bonds. The van der Waals surface area contributed by atoms with E-state index in [0.29, 0.717) is 0 Å². The van der Waals surface area contributed by atoms with Gasteiger partial charge in [-0.25, -0.2) is 4.98 Å². The molecule has 58 heavy (non-hydrogen) atoms. The van der Waals surface area contributed by atoms with Gasteiger partial charge < -0.3 is 14.4 Å². The van der Waals surface area contributed by atoms with Crippen molar-refractivity contribution >= 4 is 38.9 Å². The summed E-state index contributed by atoms with van der Waals surface area (Å²) in [5.74, 6) is 0.887. The Hall–Kier alpha value is -5.44. The molecule has 0 spiro atoms. The van der Waals surface area contributed by atoms with Gasteiger partial charge in [0.1, 0.15) is 5.82 Å². The van der Waals surface area contributed by atoms with E-state index in [-0.39, 0.29) is 31.9 Å². The summed E-state index contributed by atoms with van der Waals surface area (Å²) in [5, 5.41) is 2.32. The molecular formula is C53H49N4Pt-3. The molecule has 0 saturated carbocycles. The Labute approximate surface area is 358 Å². The van der Waals surface area contributed by atoms with Crippen LogP contribution >= 0.6 is 0 Å². The Morgan fingerprint density at radius 3 is 1.90 bits per heavy atom. The van der Waals surface area contributed by atoms with E-state index in [9.17, 15) is 0 Å². The molecule has 1 aliphatic rings. The Bertz CT molecular complexity index is 2730. The molecular weight excluding hydrogens is 888 g/mol. The molecule has 0 bridgehead atoms. The molecule has 0 aliphatic carbocycles. The first kappa shape index (κ1) is 39.4. The van der Waals surface area contributed by atoms with Gasteiger partial charge >= 0.3 is 0 Å². The fourth-order valence-electron chi connectivity index (χ4n) is 8.60. The van der Waals surface area contributed by atoms with Crippen LogP contribution < -0.4 is 9.80 Å². The molecule has 0 saturated heterocycles. The van der Waals surface area contributed by atoms with Gasteiger partial charge in [-0.3, -0.25) is 0 Å². The van der Waals surface area contributed by atoms with Crippen molar-refractivity contribution in [1.82, 2.24) is 9.55 Å². The number of nitrogens with zero attached hydrogens (tertiary/aromatic N) is 4. The number of aryl methyl sites for hydroxylation is 1. The fraction of sp³-hybridized carbons (Fsp3) is 0.208. The molecule has 0 N–H and O–H groups in total. The quantitative estimate of drug-likeness (QED) is 0.123. The van der Waals surface area contributed by atoms with Crippen LogP contribution in [0.25, 0.3) is 27.6 Å². The Kier molecular flexibility index (Phi) is 10.0. The molecule has 0 fully saturated rings. The second kappa shape index (κ2) is 14.7. The van der Waals surface area contributed by atoms with Crippen LogP contribution in [0.4, 0.5) is 17.1 Å². The topological polar surface area (TPSA) is 24.3 Å². The summed E-state index contributed by atoms with van der Waals surface area (Å²) in [6.07, 6.45) is 1.94. The van der Waals surface area contributed by atoms with Crippen LogP contribution in [0.3, 0.4) is 0 Å². The maximum atomic E-state index is 5.01. The minimum absolute atomic E-state index is 0.